The molecule has 0 unspecified atom stereocenters. The molecule has 1 aliphatic carbocycles. The number of benzene rings is 1. The number of sulfonamides is 1. The van der Waals surface area contributed by atoms with Crippen LogP contribution < -0.4 is 9.46 Å². The molecule has 2 aromatic rings. The first kappa shape index (κ1) is 14.2. The molecule has 0 saturated heterocycles. The molecule has 1 heterocycles. The van der Waals surface area contributed by atoms with E-state index in [2.05, 4.69) is 14.9 Å². The molecule has 0 aliphatic heterocycles. The van der Waals surface area contributed by atoms with Crippen molar-refractivity contribution in [3.05, 3.63) is 35.0 Å². The topological polar surface area (TPSA) is 84.1 Å². The molecule has 1 fully saturated rings. The van der Waals surface area contributed by atoms with Crippen LogP contribution in [0.2, 0.25) is 5.02 Å². The lowest BCUT2D eigenvalue weighted by molar-refractivity contribution is 0.403. The quantitative estimate of drug-likeness (QED) is 0.884. The minimum atomic E-state index is -3.81. The van der Waals surface area contributed by atoms with Crippen LogP contribution in [0.15, 0.2) is 29.2 Å². The van der Waals surface area contributed by atoms with Crippen LogP contribution in [0.3, 0.4) is 0 Å². The molecule has 1 aliphatic rings. The molecule has 1 saturated carbocycles. The van der Waals surface area contributed by atoms with Crippen LogP contribution in [0.5, 0.6) is 5.75 Å². The van der Waals surface area contributed by atoms with Gasteiger partial charge in [-0.2, -0.15) is 5.10 Å². The van der Waals surface area contributed by atoms with E-state index in [9.17, 15) is 8.42 Å². The average molecular weight is 328 g/mol. The molecule has 0 spiro atoms. The first-order valence-electron chi connectivity index (χ1n) is 6.41. The maximum atomic E-state index is 12.4. The number of hydrogen-bond acceptors (Lipinski definition) is 4. The van der Waals surface area contributed by atoms with E-state index in [-0.39, 0.29) is 16.5 Å². The number of hydrogen-bond donors (Lipinski definition) is 2. The molecule has 2 N–H and O–H groups in total. The molecule has 21 heavy (non-hydrogen) atoms. The molecule has 0 bridgehead atoms. The van der Waals surface area contributed by atoms with Crippen molar-refractivity contribution in [1.29, 1.82) is 0 Å². The Morgan fingerprint density at radius 1 is 1.38 bits per heavy atom. The Hall–Kier alpha value is -1.73. The van der Waals surface area contributed by atoms with Gasteiger partial charge in [-0.3, -0.25) is 9.82 Å². The lowest BCUT2D eigenvalue weighted by atomic mass is 10.3. The van der Waals surface area contributed by atoms with Crippen molar-refractivity contribution in [2.45, 2.75) is 23.7 Å². The molecular formula is C13H14ClN3O3S. The number of aromatic nitrogens is 2. The molecule has 0 radical (unpaired) electrons. The molecular weight excluding hydrogens is 314 g/mol. The van der Waals surface area contributed by atoms with E-state index in [4.69, 9.17) is 16.3 Å². The Labute approximate surface area is 127 Å². The first-order valence-corrected chi connectivity index (χ1v) is 8.27. The Bertz CT molecular complexity index is 769. The molecule has 8 heteroatoms. The third kappa shape index (κ3) is 2.98. The van der Waals surface area contributed by atoms with E-state index < -0.39 is 10.0 Å². The van der Waals surface area contributed by atoms with Gasteiger partial charge in [0.1, 0.15) is 10.6 Å². The van der Waals surface area contributed by atoms with Gasteiger partial charge in [-0.15, -0.1) is 0 Å². The zero-order valence-electron chi connectivity index (χ0n) is 11.3. The number of ether oxygens (including phenoxy) is 1. The lowest BCUT2D eigenvalue weighted by Gasteiger charge is -2.10. The lowest BCUT2D eigenvalue weighted by Crippen LogP contribution is -2.14. The molecule has 112 valence electrons. The highest BCUT2D eigenvalue weighted by atomic mass is 35.5. The summed E-state index contributed by atoms with van der Waals surface area (Å²) in [7, 11) is -2.41. The van der Waals surface area contributed by atoms with Gasteiger partial charge in [-0.25, -0.2) is 8.42 Å². The fourth-order valence-corrected chi connectivity index (χ4v) is 3.47. The number of halogens is 1. The van der Waals surface area contributed by atoms with Crippen molar-refractivity contribution in [2.75, 3.05) is 11.8 Å². The zero-order chi connectivity index (χ0) is 15.0. The van der Waals surface area contributed by atoms with E-state index in [0.29, 0.717) is 10.9 Å². The van der Waals surface area contributed by atoms with E-state index in [1.165, 1.54) is 19.2 Å². The van der Waals surface area contributed by atoms with Gasteiger partial charge in [0.15, 0.2) is 5.82 Å². The van der Waals surface area contributed by atoms with Crippen LogP contribution in [0.1, 0.15) is 24.5 Å². The maximum Gasteiger partial charge on any atom is 0.266 e. The molecule has 3 rings (SSSR count). The summed E-state index contributed by atoms with van der Waals surface area (Å²) in [4.78, 5) is -0.0199. The summed E-state index contributed by atoms with van der Waals surface area (Å²) in [6.07, 6.45) is 2.22. The van der Waals surface area contributed by atoms with Crippen molar-refractivity contribution in [3.63, 3.8) is 0 Å². The fourth-order valence-electron chi connectivity index (χ4n) is 2.05. The Kier molecular flexibility index (Phi) is 3.54. The van der Waals surface area contributed by atoms with Crippen LogP contribution in [-0.4, -0.2) is 25.7 Å². The Morgan fingerprint density at radius 2 is 2.14 bits per heavy atom. The third-order valence-electron chi connectivity index (χ3n) is 3.27. The van der Waals surface area contributed by atoms with Gasteiger partial charge in [0.2, 0.25) is 0 Å². The molecule has 0 atom stereocenters. The van der Waals surface area contributed by atoms with E-state index in [0.717, 1.165) is 18.5 Å². The fraction of sp³-hybridized carbons (Fsp3) is 0.308. The van der Waals surface area contributed by atoms with Gasteiger partial charge in [-0.1, -0.05) is 11.6 Å². The van der Waals surface area contributed by atoms with Gasteiger partial charge >= 0.3 is 0 Å². The third-order valence-corrected chi connectivity index (χ3v) is 4.88. The van der Waals surface area contributed by atoms with Gasteiger partial charge in [-0.05, 0) is 31.0 Å². The van der Waals surface area contributed by atoms with Crippen LogP contribution in [0.25, 0.3) is 0 Å². The second-order valence-corrected chi connectivity index (χ2v) is 6.97. The van der Waals surface area contributed by atoms with Crippen molar-refractivity contribution in [3.8, 4) is 5.75 Å². The zero-order valence-corrected chi connectivity index (χ0v) is 12.8. The smallest absolute Gasteiger partial charge is 0.266 e. The number of aromatic amines is 1. The first-order chi connectivity index (χ1) is 9.99. The Morgan fingerprint density at radius 3 is 2.81 bits per heavy atom. The largest absolute Gasteiger partial charge is 0.495 e. The predicted octanol–water partition coefficient (Wildman–Crippen LogP) is 2.75. The average Bonchev–Trinajstić information content (AvgIpc) is 3.20. The number of nitrogens with zero attached hydrogens (tertiary/aromatic N) is 1. The highest BCUT2D eigenvalue weighted by molar-refractivity contribution is 7.92. The standard InChI is InChI=1S/C13H14ClN3O3S/c1-20-11-5-4-9(14)6-12(11)21(18,19)17-13-7-10(15-16-13)8-2-3-8/h4-8H,2-3H2,1H3,(H2,15,16,17). The number of anilines is 1. The van der Waals surface area contributed by atoms with Crippen LogP contribution >= 0.6 is 11.6 Å². The second-order valence-electron chi connectivity index (χ2n) is 4.88. The number of H-pyrrole nitrogens is 1. The van der Waals surface area contributed by atoms with Crippen molar-refractivity contribution < 1.29 is 13.2 Å². The Balaban J connectivity index is 1.90. The van der Waals surface area contributed by atoms with Crippen molar-refractivity contribution in [2.24, 2.45) is 0 Å². The molecule has 0 amide bonds. The van der Waals surface area contributed by atoms with Gasteiger partial charge in [0, 0.05) is 22.7 Å². The summed E-state index contributed by atoms with van der Waals surface area (Å²) in [5, 5.41) is 7.14. The summed E-state index contributed by atoms with van der Waals surface area (Å²) < 4.78 is 32.4. The summed E-state index contributed by atoms with van der Waals surface area (Å²) in [6.45, 7) is 0. The molecule has 1 aromatic carbocycles. The van der Waals surface area contributed by atoms with Crippen LogP contribution in [0.4, 0.5) is 5.82 Å². The van der Waals surface area contributed by atoms with E-state index in [1.807, 2.05) is 0 Å². The highest BCUT2D eigenvalue weighted by Crippen LogP contribution is 2.39. The normalized spacial score (nSPS) is 15.0. The second kappa shape index (κ2) is 5.23. The van der Waals surface area contributed by atoms with Crippen molar-refractivity contribution >= 4 is 27.4 Å². The molecule has 6 nitrogen and oxygen atoms in total. The van der Waals surface area contributed by atoms with Crippen molar-refractivity contribution in [1.82, 2.24) is 10.2 Å². The van der Waals surface area contributed by atoms with Crippen LogP contribution in [-0.2, 0) is 10.0 Å². The minimum absolute atomic E-state index is 0.0199. The minimum Gasteiger partial charge on any atom is -0.495 e. The van der Waals surface area contributed by atoms with E-state index >= 15 is 0 Å². The van der Waals surface area contributed by atoms with Gasteiger partial charge in [0.05, 0.1) is 7.11 Å². The predicted molar refractivity (Wildman–Crippen MR) is 79.4 cm³/mol. The SMILES string of the molecule is COc1ccc(Cl)cc1S(=O)(=O)Nc1cc(C2CC2)[nH]n1. The van der Waals surface area contributed by atoms with E-state index in [1.54, 1.807) is 12.1 Å². The van der Waals surface area contributed by atoms with Gasteiger partial charge in [0.25, 0.3) is 10.0 Å². The number of rotatable bonds is 5. The number of methoxy groups -OCH3 is 1. The summed E-state index contributed by atoms with van der Waals surface area (Å²) in [6, 6.07) is 6.14. The monoisotopic (exact) mass is 327 g/mol. The summed E-state index contributed by atoms with van der Waals surface area (Å²) >= 11 is 5.87. The maximum absolute atomic E-state index is 12.4. The summed E-state index contributed by atoms with van der Waals surface area (Å²) in [5.41, 5.74) is 0.950. The van der Waals surface area contributed by atoms with Crippen LogP contribution in [0, 0.1) is 0 Å². The molecule has 1 aromatic heterocycles. The number of nitrogens with one attached hydrogen (secondary N) is 2. The highest BCUT2D eigenvalue weighted by Gasteiger charge is 2.27. The summed E-state index contributed by atoms with van der Waals surface area (Å²) in [5.74, 6) is 0.959. The van der Waals surface area contributed by atoms with Gasteiger partial charge < -0.3 is 4.74 Å².